The number of carbonyl (C=O) groups is 1. The predicted molar refractivity (Wildman–Crippen MR) is 120 cm³/mol. The first-order valence-electron chi connectivity index (χ1n) is 9.39. The van der Waals surface area contributed by atoms with Crippen LogP contribution in [0.4, 0.5) is 5.69 Å². The van der Waals surface area contributed by atoms with E-state index in [1.54, 1.807) is 11.8 Å². The molecule has 0 fully saturated rings. The summed E-state index contributed by atoms with van der Waals surface area (Å²) in [6.45, 7) is 8.05. The monoisotopic (exact) mass is 380 g/mol. The summed E-state index contributed by atoms with van der Waals surface area (Å²) in [5.41, 5.74) is 4.60. The van der Waals surface area contributed by atoms with E-state index < -0.39 is 0 Å². The van der Waals surface area contributed by atoms with E-state index in [4.69, 9.17) is 4.99 Å². The average Bonchev–Trinajstić information content (AvgIpc) is 2.70. The summed E-state index contributed by atoms with van der Waals surface area (Å²) in [6.07, 6.45) is 11.0. The molecule has 1 aromatic carbocycles. The second-order valence-corrected chi connectivity index (χ2v) is 7.30. The van der Waals surface area contributed by atoms with Gasteiger partial charge in [0.15, 0.2) is 0 Å². The van der Waals surface area contributed by atoms with E-state index >= 15 is 0 Å². The van der Waals surface area contributed by atoms with E-state index in [1.165, 1.54) is 0 Å². The highest BCUT2D eigenvalue weighted by molar-refractivity contribution is 8.16. The summed E-state index contributed by atoms with van der Waals surface area (Å²) in [5, 5.41) is 6.03. The predicted octanol–water partition coefficient (Wildman–Crippen LogP) is 6.73. The number of amides is 1. The van der Waals surface area contributed by atoms with Crippen LogP contribution in [0.25, 0.3) is 5.70 Å². The molecular formula is C23H28N2OS. The van der Waals surface area contributed by atoms with Crippen LogP contribution >= 0.6 is 11.8 Å². The van der Waals surface area contributed by atoms with Crippen molar-refractivity contribution < 1.29 is 4.79 Å². The molecule has 1 amide bonds. The molecule has 0 aliphatic heterocycles. The SMILES string of the molecule is C/C=C\SC(C)=N/C(=C\C)c1cccc(NC(=O)C2=CCCC=C2CC)c1. The molecule has 1 aliphatic carbocycles. The standard InChI is InChI=1S/C23H28N2OS/c1-5-15-27-17(4)24-22(7-3)19-12-10-13-20(16-19)25-23(26)21-14-9-8-11-18(21)6-2/h5,7,10-16H,6,8-9H2,1-4H3,(H,25,26)/b15-5-,22-7-,24-17?. The van der Waals surface area contributed by atoms with Crippen molar-refractivity contribution in [2.75, 3.05) is 5.32 Å². The van der Waals surface area contributed by atoms with Crippen LogP contribution in [0.2, 0.25) is 0 Å². The van der Waals surface area contributed by atoms with Crippen LogP contribution in [0.3, 0.4) is 0 Å². The summed E-state index contributed by atoms with van der Waals surface area (Å²) >= 11 is 1.60. The summed E-state index contributed by atoms with van der Waals surface area (Å²) in [4.78, 5) is 17.4. The molecule has 0 saturated heterocycles. The Bertz CT molecular complexity index is 829. The molecule has 3 nitrogen and oxygen atoms in total. The van der Waals surface area contributed by atoms with Gasteiger partial charge in [-0.25, -0.2) is 4.99 Å². The first-order valence-corrected chi connectivity index (χ1v) is 10.3. The van der Waals surface area contributed by atoms with Gasteiger partial charge < -0.3 is 5.32 Å². The largest absolute Gasteiger partial charge is 0.322 e. The second kappa shape index (κ2) is 10.7. The topological polar surface area (TPSA) is 41.5 Å². The molecule has 0 bridgehead atoms. The number of rotatable bonds is 6. The van der Waals surface area contributed by atoms with Gasteiger partial charge in [0.05, 0.1) is 10.7 Å². The molecule has 1 N–H and O–H groups in total. The number of aliphatic imine (C=N–C) groups is 1. The van der Waals surface area contributed by atoms with E-state index in [9.17, 15) is 4.79 Å². The maximum atomic E-state index is 12.7. The van der Waals surface area contributed by atoms with E-state index in [0.29, 0.717) is 0 Å². The Kier molecular flexibility index (Phi) is 8.34. The van der Waals surface area contributed by atoms with Gasteiger partial charge in [0.25, 0.3) is 5.91 Å². The molecule has 27 heavy (non-hydrogen) atoms. The lowest BCUT2D eigenvalue weighted by Gasteiger charge is -2.15. The Labute approximate surface area is 167 Å². The van der Waals surface area contributed by atoms with Gasteiger partial charge >= 0.3 is 0 Å². The van der Waals surface area contributed by atoms with E-state index in [0.717, 1.165) is 52.4 Å². The van der Waals surface area contributed by atoms with Gasteiger partial charge in [-0.3, -0.25) is 4.79 Å². The smallest absolute Gasteiger partial charge is 0.255 e. The number of nitrogens with one attached hydrogen (secondary N) is 1. The lowest BCUT2D eigenvalue weighted by atomic mass is 9.95. The number of nitrogens with zero attached hydrogens (tertiary/aromatic N) is 1. The van der Waals surface area contributed by atoms with Gasteiger partial charge in [0.2, 0.25) is 0 Å². The maximum Gasteiger partial charge on any atom is 0.255 e. The van der Waals surface area contributed by atoms with Crippen LogP contribution < -0.4 is 5.32 Å². The van der Waals surface area contributed by atoms with Crippen molar-refractivity contribution >= 4 is 34.1 Å². The fourth-order valence-electron chi connectivity index (χ4n) is 2.91. The number of anilines is 1. The van der Waals surface area contributed by atoms with Gasteiger partial charge in [0, 0.05) is 16.8 Å². The van der Waals surface area contributed by atoms with Crippen molar-refractivity contribution in [2.45, 2.75) is 47.0 Å². The highest BCUT2D eigenvalue weighted by atomic mass is 32.2. The first kappa shape index (κ1) is 21.0. The van der Waals surface area contributed by atoms with Crippen molar-refractivity contribution in [1.82, 2.24) is 0 Å². The Morgan fingerprint density at radius 2 is 2.04 bits per heavy atom. The van der Waals surface area contributed by atoms with Crippen LogP contribution in [-0.2, 0) is 4.79 Å². The van der Waals surface area contributed by atoms with Crippen molar-refractivity contribution in [3.63, 3.8) is 0 Å². The van der Waals surface area contributed by atoms with Gasteiger partial charge in [-0.2, -0.15) is 0 Å². The minimum atomic E-state index is -0.0368. The lowest BCUT2D eigenvalue weighted by molar-refractivity contribution is -0.112. The zero-order chi connectivity index (χ0) is 19.6. The van der Waals surface area contributed by atoms with Crippen LogP contribution in [0.15, 0.2) is 70.1 Å². The van der Waals surface area contributed by atoms with Gasteiger partial charge in [-0.15, -0.1) is 0 Å². The molecule has 142 valence electrons. The number of hydrogen-bond acceptors (Lipinski definition) is 3. The zero-order valence-corrected chi connectivity index (χ0v) is 17.4. The first-order chi connectivity index (χ1) is 13.1. The maximum absolute atomic E-state index is 12.7. The quantitative estimate of drug-likeness (QED) is 0.439. The minimum absolute atomic E-state index is 0.0368. The van der Waals surface area contributed by atoms with Crippen LogP contribution in [-0.4, -0.2) is 11.0 Å². The molecular weight excluding hydrogens is 352 g/mol. The van der Waals surface area contributed by atoms with E-state index in [2.05, 4.69) is 18.3 Å². The zero-order valence-electron chi connectivity index (χ0n) is 16.6. The number of hydrogen-bond donors (Lipinski definition) is 1. The highest BCUT2D eigenvalue weighted by Gasteiger charge is 2.15. The molecule has 0 spiro atoms. The Morgan fingerprint density at radius 3 is 2.74 bits per heavy atom. The summed E-state index contributed by atoms with van der Waals surface area (Å²) < 4.78 is 0. The van der Waals surface area contributed by atoms with Crippen LogP contribution in [0.5, 0.6) is 0 Å². The molecule has 0 radical (unpaired) electrons. The fourth-order valence-corrected chi connectivity index (χ4v) is 3.40. The Hall–Kier alpha value is -2.33. The normalized spacial score (nSPS) is 15.6. The van der Waals surface area contributed by atoms with Gasteiger partial charge in [-0.1, -0.05) is 55.1 Å². The second-order valence-electron chi connectivity index (χ2n) is 6.20. The van der Waals surface area contributed by atoms with E-state index in [-0.39, 0.29) is 5.91 Å². The highest BCUT2D eigenvalue weighted by Crippen LogP contribution is 2.25. The van der Waals surface area contributed by atoms with Crippen molar-refractivity contribution in [3.8, 4) is 0 Å². The van der Waals surface area contributed by atoms with Crippen molar-refractivity contribution in [2.24, 2.45) is 4.99 Å². The molecule has 2 rings (SSSR count). The summed E-state index contributed by atoms with van der Waals surface area (Å²) in [6, 6.07) is 7.85. The average molecular weight is 381 g/mol. The molecule has 0 saturated carbocycles. The van der Waals surface area contributed by atoms with Gasteiger partial charge in [-0.05, 0) is 63.1 Å². The van der Waals surface area contributed by atoms with Crippen LogP contribution in [0, 0.1) is 0 Å². The molecule has 4 heteroatoms. The molecule has 1 aliphatic rings. The number of allylic oxidation sites excluding steroid dienone is 4. The number of carbonyl (C=O) groups excluding carboxylic acids is 1. The van der Waals surface area contributed by atoms with E-state index in [1.807, 2.05) is 68.7 Å². The van der Waals surface area contributed by atoms with Crippen molar-refractivity contribution in [3.05, 3.63) is 70.7 Å². The third-order valence-electron chi connectivity index (χ3n) is 4.22. The lowest BCUT2D eigenvalue weighted by Crippen LogP contribution is -2.17. The Morgan fingerprint density at radius 1 is 1.26 bits per heavy atom. The summed E-state index contributed by atoms with van der Waals surface area (Å²) in [5.74, 6) is -0.0368. The number of thioether (sulfide) groups is 1. The van der Waals surface area contributed by atoms with Crippen LogP contribution in [0.1, 0.15) is 52.5 Å². The fraction of sp³-hybridized carbons (Fsp3) is 0.304. The molecule has 1 aromatic rings. The molecule has 0 aromatic heterocycles. The Balaban J connectivity index is 2.18. The third kappa shape index (κ3) is 6.10. The molecule has 0 unspecified atom stereocenters. The molecule has 0 atom stereocenters. The molecule has 0 heterocycles. The third-order valence-corrected chi connectivity index (χ3v) is 5.06. The minimum Gasteiger partial charge on any atom is -0.322 e. The number of benzene rings is 1. The summed E-state index contributed by atoms with van der Waals surface area (Å²) in [7, 11) is 0. The van der Waals surface area contributed by atoms with Gasteiger partial charge in [0.1, 0.15) is 0 Å². The van der Waals surface area contributed by atoms with Crippen molar-refractivity contribution in [1.29, 1.82) is 0 Å².